The van der Waals surface area contributed by atoms with Crippen LogP contribution in [-0.4, -0.2) is 29.6 Å². The van der Waals surface area contributed by atoms with Gasteiger partial charge in [-0.1, -0.05) is 13.8 Å². The number of carbonyl (C=O) groups excluding carboxylic acids is 1. The predicted octanol–water partition coefficient (Wildman–Crippen LogP) is -0.0493. The van der Waals surface area contributed by atoms with Gasteiger partial charge in [-0.3, -0.25) is 4.79 Å². The van der Waals surface area contributed by atoms with Crippen LogP contribution < -0.4 is 11.1 Å². The minimum absolute atomic E-state index is 0.199. The Morgan fingerprint density at radius 1 is 1.43 bits per heavy atom. The molecule has 0 aromatic rings. The second kappa shape index (κ2) is 6.37. The Bertz CT molecular complexity index is 204. The van der Waals surface area contributed by atoms with Crippen LogP contribution in [0.5, 0.6) is 0 Å². The molecule has 0 radical (unpaired) electrons. The molecule has 0 rings (SSSR count). The molecule has 0 spiro atoms. The summed E-state index contributed by atoms with van der Waals surface area (Å²) in [7, 11) is 0. The van der Waals surface area contributed by atoms with Gasteiger partial charge in [-0.2, -0.15) is 0 Å². The fourth-order valence-electron chi connectivity index (χ4n) is 0.918. The van der Waals surface area contributed by atoms with E-state index in [0.717, 1.165) is 0 Å². The molecule has 0 aliphatic rings. The highest BCUT2D eigenvalue weighted by molar-refractivity contribution is 5.84. The lowest BCUT2D eigenvalue weighted by Gasteiger charge is -2.15. The molecule has 0 fully saturated rings. The Balaban J connectivity index is 4.09. The molecule has 14 heavy (non-hydrogen) atoms. The summed E-state index contributed by atoms with van der Waals surface area (Å²) in [6.45, 7) is 3.87. The van der Waals surface area contributed by atoms with Crippen LogP contribution in [-0.2, 0) is 9.59 Å². The monoisotopic (exact) mass is 202 g/mol. The van der Waals surface area contributed by atoms with Crippen LogP contribution in [0.3, 0.4) is 0 Å². The lowest BCUT2D eigenvalue weighted by Crippen LogP contribution is -2.42. The molecule has 0 saturated carbocycles. The van der Waals surface area contributed by atoms with Crippen LogP contribution >= 0.6 is 0 Å². The Hall–Kier alpha value is -1.10. The molecule has 82 valence electrons. The summed E-state index contributed by atoms with van der Waals surface area (Å²) in [6, 6.07) is -0.812. The molecule has 0 aromatic carbocycles. The summed E-state index contributed by atoms with van der Waals surface area (Å²) in [5.41, 5.74) is 5.26. The summed E-state index contributed by atoms with van der Waals surface area (Å²) in [4.78, 5) is 21.9. The number of carboxylic acids is 1. The van der Waals surface area contributed by atoms with Gasteiger partial charge in [0.1, 0.15) is 6.04 Å². The van der Waals surface area contributed by atoms with Crippen molar-refractivity contribution in [3.63, 3.8) is 0 Å². The number of amides is 1. The topological polar surface area (TPSA) is 92.4 Å². The molecule has 1 atom stereocenters. The summed E-state index contributed by atoms with van der Waals surface area (Å²) in [6.07, 6.45) is 0.972. The maximum atomic E-state index is 11.2. The van der Waals surface area contributed by atoms with Gasteiger partial charge in [0.25, 0.3) is 0 Å². The first-order chi connectivity index (χ1) is 6.49. The first-order valence-corrected chi connectivity index (χ1v) is 4.72. The summed E-state index contributed by atoms with van der Waals surface area (Å²) in [5.74, 6) is -1.45. The normalized spacial score (nSPS) is 12.6. The van der Waals surface area contributed by atoms with Crippen molar-refractivity contribution in [3.05, 3.63) is 0 Å². The number of rotatable bonds is 6. The maximum absolute atomic E-state index is 11.2. The smallest absolute Gasteiger partial charge is 0.326 e. The van der Waals surface area contributed by atoms with Crippen LogP contribution in [0.15, 0.2) is 0 Å². The minimum atomic E-state index is -1.01. The average Bonchev–Trinajstić information content (AvgIpc) is 2.10. The maximum Gasteiger partial charge on any atom is 0.326 e. The molecular weight excluding hydrogens is 184 g/mol. The third-order valence-electron chi connectivity index (χ3n) is 1.84. The van der Waals surface area contributed by atoms with Crippen molar-refractivity contribution in [3.8, 4) is 0 Å². The van der Waals surface area contributed by atoms with Crippen molar-refractivity contribution in [2.45, 2.75) is 32.7 Å². The first kappa shape index (κ1) is 12.9. The number of hydrogen-bond acceptors (Lipinski definition) is 3. The minimum Gasteiger partial charge on any atom is -0.480 e. The molecule has 0 saturated heterocycles. The number of hydrogen-bond donors (Lipinski definition) is 3. The molecule has 0 heterocycles. The second-order valence-electron chi connectivity index (χ2n) is 3.49. The van der Waals surface area contributed by atoms with E-state index in [2.05, 4.69) is 5.32 Å². The molecule has 0 aliphatic heterocycles. The van der Waals surface area contributed by atoms with E-state index in [4.69, 9.17) is 10.8 Å². The van der Waals surface area contributed by atoms with Crippen LogP contribution in [0.1, 0.15) is 26.7 Å². The molecule has 4 N–H and O–H groups in total. The standard InChI is InChI=1S/C9H18N2O3/c1-6(2)8(12)11-7(9(13)14)4-3-5-10/h6-7H,3-5,10H2,1-2H3,(H,11,12)(H,13,14)/t7-/m0/s1. The van der Waals surface area contributed by atoms with Crippen molar-refractivity contribution in [2.24, 2.45) is 11.7 Å². The van der Waals surface area contributed by atoms with Gasteiger partial charge in [0.2, 0.25) is 5.91 Å². The summed E-state index contributed by atoms with van der Waals surface area (Å²) in [5, 5.41) is 11.2. The van der Waals surface area contributed by atoms with Crippen molar-refractivity contribution in [1.82, 2.24) is 5.32 Å². The first-order valence-electron chi connectivity index (χ1n) is 4.72. The third-order valence-corrected chi connectivity index (χ3v) is 1.84. The van der Waals surface area contributed by atoms with E-state index < -0.39 is 12.0 Å². The summed E-state index contributed by atoms with van der Waals surface area (Å²) < 4.78 is 0. The van der Waals surface area contributed by atoms with E-state index in [1.165, 1.54) is 0 Å². The largest absolute Gasteiger partial charge is 0.480 e. The van der Waals surface area contributed by atoms with Crippen molar-refractivity contribution in [2.75, 3.05) is 6.54 Å². The molecule has 0 aliphatic carbocycles. The van der Waals surface area contributed by atoms with Crippen molar-refractivity contribution < 1.29 is 14.7 Å². The van der Waals surface area contributed by atoms with Crippen molar-refractivity contribution in [1.29, 1.82) is 0 Å². The third kappa shape index (κ3) is 4.81. The average molecular weight is 202 g/mol. The molecule has 0 aromatic heterocycles. The number of carboxylic acid groups (broad SMARTS) is 1. The van der Waals surface area contributed by atoms with E-state index in [0.29, 0.717) is 19.4 Å². The van der Waals surface area contributed by atoms with Gasteiger partial charge < -0.3 is 16.2 Å². The van der Waals surface area contributed by atoms with E-state index in [-0.39, 0.29) is 11.8 Å². The van der Waals surface area contributed by atoms with E-state index in [1.807, 2.05) is 0 Å². The number of carbonyl (C=O) groups is 2. The highest BCUT2D eigenvalue weighted by atomic mass is 16.4. The Labute approximate surface area is 83.7 Å². The molecule has 5 heteroatoms. The zero-order chi connectivity index (χ0) is 11.1. The van der Waals surface area contributed by atoms with Gasteiger partial charge >= 0.3 is 5.97 Å². The fourth-order valence-corrected chi connectivity index (χ4v) is 0.918. The van der Waals surface area contributed by atoms with Gasteiger partial charge in [-0.05, 0) is 19.4 Å². The zero-order valence-corrected chi connectivity index (χ0v) is 8.62. The van der Waals surface area contributed by atoms with Crippen LogP contribution in [0.25, 0.3) is 0 Å². The second-order valence-corrected chi connectivity index (χ2v) is 3.49. The molecule has 0 bridgehead atoms. The molecule has 5 nitrogen and oxygen atoms in total. The van der Waals surface area contributed by atoms with Crippen molar-refractivity contribution >= 4 is 11.9 Å². The lowest BCUT2D eigenvalue weighted by molar-refractivity contribution is -0.142. The highest BCUT2D eigenvalue weighted by Gasteiger charge is 2.20. The van der Waals surface area contributed by atoms with Gasteiger partial charge in [0.05, 0.1) is 0 Å². The lowest BCUT2D eigenvalue weighted by atomic mass is 10.1. The van der Waals surface area contributed by atoms with E-state index >= 15 is 0 Å². The Morgan fingerprint density at radius 3 is 2.36 bits per heavy atom. The fraction of sp³-hybridized carbons (Fsp3) is 0.778. The number of nitrogens with two attached hydrogens (primary N) is 1. The van der Waals surface area contributed by atoms with E-state index in [9.17, 15) is 9.59 Å². The quantitative estimate of drug-likeness (QED) is 0.563. The van der Waals surface area contributed by atoms with Gasteiger partial charge in [0.15, 0.2) is 0 Å². The molecule has 1 amide bonds. The predicted molar refractivity (Wildman–Crippen MR) is 52.7 cm³/mol. The number of aliphatic carboxylic acids is 1. The van der Waals surface area contributed by atoms with Gasteiger partial charge in [0, 0.05) is 5.92 Å². The summed E-state index contributed by atoms with van der Waals surface area (Å²) >= 11 is 0. The van der Waals surface area contributed by atoms with Gasteiger partial charge in [-0.15, -0.1) is 0 Å². The Kier molecular flexibility index (Phi) is 5.87. The molecular formula is C9H18N2O3. The number of nitrogens with one attached hydrogen (secondary N) is 1. The van der Waals surface area contributed by atoms with Crippen LogP contribution in [0.2, 0.25) is 0 Å². The highest BCUT2D eigenvalue weighted by Crippen LogP contribution is 1.99. The SMILES string of the molecule is CC(C)C(=O)N[C@@H](CCCN)C(=O)O. The zero-order valence-electron chi connectivity index (χ0n) is 8.62. The Morgan fingerprint density at radius 2 is 2.00 bits per heavy atom. The van der Waals surface area contributed by atoms with Crippen LogP contribution in [0, 0.1) is 5.92 Å². The molecule has 0 unspecified atom stereocenters. The van der Waals surface area contributed by atoms with Crippen LogP contribution in [0.4, 0.5) is 0 Å². The van der Waals surface area contributed by atoms with E-state index in [1.54, 1.807) is 13.8 Å². The van der Waals surface area contributed by atoms with Gasteiger partial charge in [-0.25, -0.2) is 4.79 Å².